The van der Waals surface area contributed by atoms with Gasteiger partial charge in [0.25, 0.3) is 0 Å². The molecule has 1 heterocycles. The third-order valence-electron chi connectivity index (χ3n) is 3.98. The highest BCUT2D eigenvalue weighted by molar-refractivity contribution is 5.91. The van der Waals surface area contributed by atoms with Crippen molar-refractivity contribution in [2.45, 2.75) is 58.9 Å². The van der Waals surface area contributed by atoms with E-state index in [0.29, 0.717) is 0 Å². The standard InChI is InChI=1S/C16H28N4O.ClH/c1-16(2,3)10-13-9-14(20(4)19-13)18-15(21)11-6-5-7-12(17)8-11;/h9,11-12H,5-8,10,17H2,1-4H3,(H,18,21);1H. The molecule has 0 saturated heterocycles. The quantitative estimate of drug-likeness (QED) is 0.896. The Labute approximate surface area is 139 Å². The van der Waals surface area contributed by atoms with Crippen LogP contribution < -0.4 is 11.1 Å². The van der Waals surface area contributed by atoms with E-state index in [1.807, 2.05) is 13.1 Å². The van der Waals surface area contributed by atoms with E-state index in [1.54, 1.807) is 4.68 Å². The van der Waals surface area contributed by atoms with Gasteiger partial charge in [-0.3, -0.25) is 9.48 Å². The van der Waals surface area contributed by atoms with Crippen LogP contribution in [0.5, 0.6) is 0 Å². The summed E-state index contributed by atoms with van der Waals surface area (Å²) in [4.78, 5) is 12.4. The number of nitrogens with zero attached hydrogens (tertiary/aromatic N) is 2. The summed E-state index contributed by atoms with van der Waals surface area (Å²) < 4.78 is 1.75. The lowest BCUT2D eigenvalue weighted by Crippen LogP contribution is -2.34. The number of aromatic nitrogens is 2. The Hall–Kier alpha value is -1.07. The molecule has 1 aromatic heterocycles. The monoisotopic (exact) mass is 328 g/mol. The van der Waals surface area contributed by atoms with E-state index in [0.717, 1.165) is 43.6 Å². The Morgan fingerprint density at radius 1 is 1.45 bits per heavy atom. The molecule has 0 bridgehead atoms. The van der Waals surface area contributed by atoms with Crippen molar-refractivity contribution in [2.24, 2.45) is 24.1 Å². The molecular weight excluding hydrogens is 300 g/mol. The van der Waals surface area contributed by atoms with Crippen LogP contribution in [0.2, 0.25) is 0 Å². The van der Waals surface area contributed by atoms with Gasteiger partial charge in [-0.25, -0.2) is 0 Å². The van der Waals surface area contributed by atoms with E-state index in [2.05, 4.69) is 31.2 Å². The van der Waals surface area contributed by atoms with Crippen molar-refractivity contribution in [1.82, 2.24) is 9.78 Å². The largest absolute Gasteiger partial charge is 0.328 e. The maximum Gasteiger partial charge on any atom is 0.228 e. The van der Waals surface area contributed by atoms with Gasteiger partial charge in [0.2, 0.25) is 5.91 Å². The van der Waals surface area contributed by atoms with Crippen molar-refractivity contribution in [3.8, 4) is 0 Å². The van der Waals surface area contributed by atoms with Gasteiger partial charge < -0.3 is 11.1 Å². The average molecular weight is 329 g/mol. The minimum Gasteiger partial charge on any atom is -0.328 e. The normalized spacial score (nSPS) is 22.0. The van der Waals surface area contributed by atoms with Gasteiger partial charge >= 0.3 is 0 Å². The van der Waals surface area contributed by atoms with Crippen LogP contribution in [-0.4, -0.2) is 21.7 Å². The third-order valence-corrected chi connectivity index (χ3v) is 3.98. The highest BCUT2D eigenvalue weighted by Gasteiger charge is 2.26. The molecule has 0 aliphatic heterocycles. The summed E-state index contributed by atoms with van der Waals surface area (Å²) in [5.41, 5.74) is 7.16. The van der Waals surface area contributed by atoms with Crippen molar-refractivity contribution in [3.05, 3.63) is 11.8 Å². The number of hydrogen-bond acceptors (Lipinski definition) is 3. The van der Waals surface area contributed by atoms with Crippen LogP contribution in [0.25, 0.3) is 0 Å². The molecule has 1 saturated carbocycles. The van der Waals surface area contributed by atoms with Gasteiger partial charge in [0.15, 0.2) is 0 Å². The van der Waals surface area contributed by atoms with Crippen LogP contribution in [0, 0.1) is 11.3 Å². The molecule has 6 heteroatoms. The number of amides is 1. The van der Waals surface area contributed by atoms with Crippen LogP contribution >= 0.6 is 12.4 Å². The maximum absolute atomic E-state index is 12.4. The Morgan fingerprint density at radius 2 is 2.14 bits per heavy atom. The number of rotatable bonds is 3. The van der Waals surface area contributed by atoms with E-state index < -0.39 is 0 Å². The lowest BCUT2D eigenvalue weighted by molar-refractivity contribution is -0.120. The van der Waals surface area contributed by atoms with E-state index >= 15 is 0 Å². The van der Waals surface area contributed by atoms with E-state index in [1.165, 1.54) is 0 Å². The second kappa shape index (κ2) is 7.47. The summed E-state index contributed by atoms with van der Waals surface area (Å²) in [7, 11) is 1.87. The molecule has 2 atom stereocenters. The first kappa shape index (κ1) is 19.0. The zero-order chi connectivity index (χ0) is 15.6. The molecule has 1 aliphatic carbocycles. The van der Waals surface area contributed by atoms with Crippen LogP contribution in [0.4, 0.5) is 5.82 Å². The maximum atomic E-state index is 12.4. The number of halogens is 1. The number of nitrogens with one attached hydrogen (secondary N) is 1. The van der Waals surface area contributed by atoms with Crippen LogP contribution in [0.1, 0.15) is 52.1 Å². The molecule has 2 rings (SSSR count). The first-order valence-corrected chi connectivity index (χ1v) is 7.84. The third kappa shape index (κ3) is 5.29. The SMILES string of the molecule is Cl.Cn1nc(CC(C)(C)C)cc1NC(=O)C1CCCC(N)C1. The number of aryl methyl sites for hydroxylation is 1. The molecule has 1 aliphatic rings. The lowest BCUT2D eigenvalue weighted by atomic mass is 9.85. The average Bonchev–Trinajstić information content (AvgIpc) is 2.67. The van der Waals surface area contributed by atoms with E-state index in [4.69, 9.17) is 5.73 Å². The fraction of sp³-hybridized carbons (Fsp3) is 0.750. The topological polar surface area (TPSA) is 72.9 Å². The Morgan fingerprint density at radius 3 is 2.73 bits per heavy atom. The fourth-order valence-corrected chi connectivity index (χ4v) is 2.97. The summed E-state index contributed by atoms with van der Waals surface area (Å²) >= 11 is 0. The van der Waals surface area contributed by atoms with Gasteiger partial charge in [0, 0.05) is 25.1 Å². The minimum atomic E-state index is 0. The van der Waals surface area contributed by atoms with Gasteiger partial charge in [-0.2, -0.15) is 5.10 Å². The lowest BCUT2D eigenvalue weighted by Gasteiger charge is -2.25. The second-order valence-corrected chi connectivity index (χ2v) is 7.49. The smallest absolute Gasteiger partial charge is 0.228 e. The van der Waals surface area contributed by atoms with Gasteiger partial charge in [-0.05, 0) is 31.1 Å². The number of nitrogens with two attached hydrogens (primary N) is 1. The summed E-state index contributed by atoms with van der Waals surface area (Å²) in [5, 5.41) is 7.50. The predicted molar refractivity (Wildman–Crippen MR) is 92.2 cm³/mol. The molecule has 0 radical (unpaired) electrons. The second-order valence-electron chi connectivity index (χ2n) is 7.49. The van der Waals surface area contributed by atoms with E-state index in [-0.39, 0.29) is 35.7 Å². The number of hydrogen-bond donors (Lipinski definition) is 2. The molecule has 2 unspecified atom stereocenters. The molecule has 3 N–H and O–H groups in total. The van der Waals surface area contributed by atoms with E-state index in [9.17, 15) is 4.79 Å². The van der Waals surface area contributed by atoms with Crippen LogP contribution in [-0.2, 0) is 18.3 Å². The van der Waals surface area contributed by atoms with Crippen LogP contribution in [0.3, 0.4) is 0 Å². The summed E-state index contributed by atoms with van der Waals surface area (Å²) in [6, 6.07) is 2.14. The molecule has 1 amide bonds. The Bertz CT molecular complexity index is 507. The molecule has 1 fully saturated rings. The highest BCUT2D eigenvalue weighted by Crippen LogP contribution is 2.25. The summed E-state index contributed by atoms with van der Waals surface area (Å²) in [5.74, 6) is 0.892. The minimum absolute atomic E-state index is 0. The van der Waals surface area contributed by atoms with Crippen molar-refractivity contribution in [3.63, 3.8) is 0 Å². The zero-order valence-electron chi connectivity index (χ0n) is 14.1. The van der Waals surface area contributed by atoms with Crippen LogP contribution in [0.15, 0.2) is 6.07 Å². The molecule has 22 heavy (non-hydrogen) atoms. The summed E-state index contributed by atoms with van der Waals surface area (Å²) in [6.07, 6.45) is 4.70. The van der Waals surface area contributed by atoms with Gasteiger partial charge in [0.05, 0.1) is 5.69 Å². The van der Waals surface area contributed by atoms with Crippen molar-refractivity contribution in [2.75, 3.05) is 5.32 Å². The number of anilines is 1. The number of carbonyl (C=O) groups excluding carboxylic acids is 1. The zero-order valence-corrected chi connectivity index (χ0v) is 14.9. The number of carbonyl (C=O) groups is 1. The Kier molecular flexibility index (Phi) is 6.44. The molecule has 5 nitrogen and oxygen atoms in total. The molecule has 126 valence electrons. The Balaban J connectivity index is 0.00000242. The molecule has 1 aromatic rings. The van der Waals surface area contributed by atoms with Crippen molar-refractivity contribution < 1.29 is 4.79 Å². The predicted octanol–water partition coefficient (Wildman–Crippen LogP) is 2.89. The molecule has 0 spiro atoms. The van der Waals surface area contributed by atoms with Crippen molar-refractivity contribution in [1.29, 1.82) is 0 Å². The van der Waals surface area contributed by atoms with Gasteiger partial charge in [-0.1, -0.05) is 27.2 Å². The first-order chi connectivity index (χ1) is 9.74. The highest BCUT2D eigenvalue weighted by atomic mass is 35.5. The van der Waals surface area contributed by atoms with Crippen molar-refractivity contribution >= 4 is 24.1 Å². The summed E-state index contributed by atoms with van der Waals surface area (Å²) in [6.45, 7) is 6.55. The fourth-order valence-electron chi connectivity index (χ4n) is 2.97. The van der Waals surface area contributed by atoms with Gasteiger partial charge in [-0.15, -0.1) is 12.4 Å². The molecular formula is C16H29ClN4O. The van der Waals surface area contributed by atoms with Gasteiger partial charge in [0.1, 0.15) is 5.82 Å². The molecule has 0 aromatic carbocycles. The first-order valence-electron chi connectivity index (χ1n) is 7.84.